The van der Waals surface area contributed by atoms with Crippen LogP contribution in [-0.4, -0.2) is 21.2 Å². The molecule has 0 saturated carbocycles. The predicted octanol–water partition coefficient (Wildman–Crippen LogP) is 3.91. The van der Waals surface area contributed by atoms with E-state index in [-0.39, 0.29) is 17.2 Å². The zero-order chi connectivity index (χ0) is 17.8. The lowest BCUT2D eigenvalue weighted by molar-refractivity contribution is -0.113. The van der Waals surface area contributed by atoms with Gasteiger partial charge in [-0.1, -0.05) is 36.9 Å². The Labute approximate surface area is 154 Å². The third kappa shape index (κ3) is 3.93. The second-order valence-corrected chi connectivity index (χ2v) is 7.50. The van der Waals surface area contributed by atoms with Gasteiger partial charge in [0.05, 0.1) is 11.3 Å². The Morgan fingerprint density at radius 1 is 1.32 bits per heavy atom. The minimum atomic E-state index is -0.109. The van der Waals surface area contributed by atoms with E-state index < -0.39 is 0 Å². The minimum Gasteiger partial charge on any atom is -0.325 e. The molecule has 2 aromatic heterocycles. The van der Waals surface area contributed by atoms with Crippen molar-refractivity contribution in [3.63, 3.8) is 0 Å². The number of para-hydroxylation sites is 1. The standard InChI is InChI=1S/C18H19N3O2S2/c1-3-9-21-17(23)16-14(8-10-24-16)20-18(21)25-11-15(22)19-13-7-5-4-6-12(13)2/h4-8,10H,3,9,11H2,1-2H3,(H,19,22). The smallest absolute Gasteiger partial charge is 0.272 e. The maximum Gasteiger partial charge on any atom is 0.272 e. The van der Waals surface area contributed by atoms with E-state index in [4.69, 9.17) is 0 Å². The number of thioether (sulfide) groups is 1. The van der Waals surface area contributed by atoms with Crippen LogP contribution in [0.5, 0.6) is 0 Å². The summed E-state index contributed by atoms with van der Waals surface area (Å²) in [5.41, 5.74) is 2.50. The van der Waals surface area contributed by atoms with Crippen LogP contribution in [0.2, 0.25) is 0 Å². The van der Waals surface area contributed by atoms with Crippen molar-refractivity contribution in [2.45, 2.75) is 32.0 Å². The van der Waals surface area contributed by atoms with E-state index in [1.807, 2.05) is 49.6 Å². The van der Waals surface area contributed by atoms with Crippen LogP contribution in [0.3, 0.4) is 0 Å². The van der Waals surface area contributed by atoms with Crippen molar-refractivity contribution >= 4 is 44.9 Å². The summed E-state index contributed by atoms with van der Waals surface area (Å²) < 4.78 is 2.34. The first-order valence-corrected chi connectivity index (χ1v) is 9.93. The van der Waals surface area contributed by atoms with Gasteiger partial charge in [-0.15, -0.1) is 11.3 Å². The Morgan fingerprint density at radius 2 is 2.12 bits per heavy atom. The number of anilines is 1. The Bertz CT molecular complexity index is 962. The van der Waals surface area contributed by atoms with Crippen molar-refractivity contribution in [3.8, 4) is 0 Å². The molecular formula is C18H19N3O2S2. The molecule has 25 heavy (non-hydrogen) atoms. The Kier molecular flexibility index (Phi) is 5.55. The number of hydrogen-bond acceptors (Lipinski definition) is 5. The number of nitrogens with one attached hydrogen (secondary N) is 1. The SMILES string of the molecule is CCCn1c(SCC(=O)Nc2ccccc2C)nc2ccsc2c1=O. The molecule has 3 rings (SSSR count). The highest BCUT2D eigenvalue weighted by atomic mass is 32.2. The topological polar surface area (TPSA) is 64.0 Å². The molecule has 1 amide bonds. The molecule has 0 saturated heterocycles. The Hall–Kier alpha value is -2.12. The summed E-state index contributed by atoms with van der Waals surface area (Å²) in [5, 5.41) is 5.37. The Balaban J connectivity index is 1.78. The molecule has 0 atom stereocenters. The van der Waals surface area contributed by atoms with Crippen molar-refractivity contribution in [3.05, 3.63) is 51.6 Å². The molecule has 0 unspecified atom stereocenters. The van der Waals surface area contributed by atoms with E-state index in [2.05, 4.69) is 10.3 Å². The number of benzene rings is 1. The van der Waals surface area contributed by atoms with Crippen LogP contribution in [0, 0.1) is 6.92 Å². The highest BCUT2D eigenvalue weighted by Crippen LogP contribution is 2.22. The molecule has 7 heteroatoms. The molecule has 130 valence electrons. The highest BCUT2D eigenvalue weighted by molar-refractivity contribution is 7.99. The zero-order valence-electron chi connectivity index (χ0n) is 14.1. The number of rotatable bonds is 6. The summed E-state index contributed by atoms with van der Waals surface area (Å²) in [4.78, 5) is 29.4. The number of hydrogen-bond donors (Lipinski definition) is 1. The molecule has 3 aromatic rings. The Morgan fingerprint density at radius 3 is 2.88 bits per heavy atom. The lowest BCUT2D eigenvalue weighted by Gasteiger charge is -2.11. The number of carbonyl (C=O) groups is 1. The molecule has 0 radical (unpaired) electrons. The van der Waals surface area contributed by atoms with E-state index in [9.17, 15) is 9.59 Å². The summed E-state index contributed by atoms with van der Waals surface area (Å²) in [5.74, 6) is 0.0992. The molecule has 2 heterocycles. The fourth-order valence-corrected chi connectivity index (χ4v) is 4.09. The van der Waals surface area contributed by atoms with Crippen molar-refractivity contribution in [2.75, 3.05) is 11.1 Å². The first-order chi connectivity index (χ1) is 12.1. The predicted molar refractivity (Wildman–Crippen MR) is 105 cm³/mol. The average molecular weight is 374 g/mol. The summed E-state index contributed by atoms with van der Waals surface area (Å²) in [7, 11) is 0. The van der Waals surface area contributed by atoms with Crippen LogP contribution >= 0.6 is 23.1 Å². The van der Waals surface area contributed by atoms with Crippen LogP contribution in [0.15, 0.2) is 45.7 Å². The van der Waals surface area contributed by atoms with Crippen molar-refractivity contribution < 1.29 is 4.79 Å². The van der Waals surface area contributed by atoms with Crippen molar-refractivity contribution in [2.24, 2.45) is 0 Å². The van der Waals surface area contributed by atoms with Gasteiger partial charge in [-0.3, -0.25) is 14.2 Å². The molecule has 0 bridgehead atoms. The number of aromatic nitrogens is 2. The van der Waals surface area contributed by atoms with E-state index in [0.29, 0.717) is 21.9 Å². The first kappa shape index (κ1) is 17.7. The van der Waals surface area contributed by atoms with E-state index in [0.717, 1.165) is 17.7 Å². The molecule has 0 aliphatic carbocycles. The summed E-state index contributed by atoms with van der Waals surface area (Å²) in [6.45, 7) is 4.57. The third-order valence-corrected chi connectivity index (χ3v) is 5.60. The summed E-state index contributed by atoms with van der Waals surface area (Å²) in [6.07, 6.45) is 0.835. The maximum absolute atomic E-state index is 12.6. The average Bonchev–Trinajstić information content (AvgIpc) is 3.07. The molecular weight excluding hydrogens is 354 g/mol. The quantitative estimate of drug-likeness (QED) is 0.526. The highest BCUT2D eigenvalue weighted by Gasteiger charge is 2.14. The number of amides is 1. The van der Waals surface area contributed by atoms with Gasteiger partial charge in [0.15, 0.2) is 5.16 Å². The zero-order valence-corrected chi connectivity index (χ0v) is 15.7. The van der Waals surface area contributed by atoms with Crippen molar-refractivity contribution in [1.29, 1.82) is 0 Å². The fraction of sp³-hybridized carbons (Fsp3) is 0.278. The van der Waals surface area contributed by atoms with Gasteiger partial charge in [-0.25, -0.2) is 4.98 Å². The molecule has 0 aliphatic heterocycles. The van der Waals surface area contributed by atoms with Gasteiger partial charge in [-0.05, 0) is 36.4 Å². The molecule has 0 fully saturated rings. The lowest BCUT2D eigenvalue weighted by atomic mass is 10.2. The minimum absolute atomic E-state index is 0.0244. The third-order valence-electron chi connectivity index (χ3n) is 3.73. The van der Waals surface area contributed by atoms with Crippen LogP contribution in [0.25, 0.3) is 10.2 Å². The van der Waals surface area contributed by atoms with Gasteiger partial charge in [0.2, 0.25) is 5.91 Å². The van der Waals surface area contributed by atoms with Crippen LogP contribution in [-0.2, 0) is 11.3 Å². The van der Waals surface area contributed by atoms with Crippen LogP contribution in [0.1, 0.15) is 18.9 Å². The number of nitrogens with zero attached hydrogens (tertiary/aromatic N) is 2. The monoisotopic (exact) mass is 373 g/mol. The lowest BCUT2D eigenvalue weighted by Crippen LogP contribution is -2.23. The van der Waals surface area contributed by atoms with Gasteiger partial charge in [0, 0.05) is 12.2 Å². The number of aryl methyl sites for hydroxylation is 1. The van der Waals surface area contributed by atoms with Gasteiger partial charge in [0.1, 0.15) is 4.70 Å². The second kappa shape index (κ2) is 7.84. The van der Waals surface area contributed by atoms with E-state index in [1.165, 1.54) is 23.1 Å². The molecule has 5 nitrogen and oxygen atoms in total. The summed E-state index contributed by atoms with van der Waals surface area (Å²) >= 11 is 2.70. The van der Waals surface area contributed by atoms with Gasteiger partial charge < -0.3 is 5.32 Å². The largest absolute Gasteiger partial charge is 0.325 e. The van der Waals surface area contributed by atoms with Gasteiger partial charge in [0.25, 0.3) is 5.56 Å². The summed E-state index contributed by atoms with van der Waals surface area (Å²) in [6, 6.07) is 9.49. The number of carbonyl (C=O) groups excluding carboxylic acids is 1. The van der Waals surface area contributed by atoms with Crippen LogP contribution in [0.4, 0.5) is 5.69 Å². The first-order valence-electron chi connectivity index (χ1n) is 8.06. The maximum atomic E-state index is 12.6. The van der Waals surface area contributed by atoms with Gasteiger partial charge >= 0.3 is 0 Å². The normalized spacial score (nSPS) is 11.0. The molecule has 1 aromatic carbocycles. The van der Waals surface area contributed by atoms with Gasteiger partial charge in [-0.2, -0.15) is 0 Å². The van der Waals surface area contributed by atoms with Crippen molar-refractivity contribution in [1.82, 2.24) is 9.55 Å². The van der Waals surface area contributed by atoms with E-state index in [1.54, 1.807) is 4.57 Å². The van der Waals surface area contributed by atoms with Crippen LogP contribution < -0.4 is 10.9 Å². The molecule has 0 aliphatic rings. The second-order valence-electron chi connectivity index (χ2n) is 5.64. The molecule has 1 N–H and O–H groups in total. The fourth-order valence-electron chi connectivity index (χ4n) is 2.48. The molecule has 0 spiro atoms. The van der Waals surface area contributed by atoms with E-state index >= 15 is 0 Å². The number of fused-ring (bicyclic) bond motifs is 1. The number of thiophene rings is 1.